The molecule has 0 spiro atoms. The molecule has 0 radical (unpaired) electrons. The molecule has 0 aliphatic carbocycles. The van der Waals surface area contributed by atoms with Crippen molar-refractivity contribution < 1.29 is 9.84 Å². The van der Waals surface area contributed by atoms with Crippen molar-refractivity contribution in [2.75, 3.05) is 0 Å². The van der Waals surface area contributed by atoms with Gasteiger partial charge in [-0.3, -0.25) is 0 Å². The van der Waals surface area contributed by atoms with E-state index in [2.05, 4.69) is 35.8 Å². The molecule has 0 bridgehead atoms. The third-order valence-electron chi connectivity index (χ3n) is 3.41. The third kappa shape index (κ3) is 3.22. The van der Waals surface area contributed by atoms with E-state index >= 15 is 0 Å². The van der Waals surface area contributed by atoms with Gasteiger partial charge in [0.2, 0.25) is 0 Å². The van der Waals surface area contributed by atoms with Gasteiger partial charge in [0.15, 0.2) is 0 Å². The molecule has 0 aromatic heterocycles. The Kier molecular flexibility index (Phi) is 4.51. The monoisotopic (exact) mass is 334 g/mol. The number of aliphatic hydroxyl groups excluding tert-OH is 1. The molecule has 2 aromatic rings. The Bertz CT molecular complexity index is 633. The van der Waals surface area contributed by atoms with Gasteiger partial charge in [0.05, 0.1) is 6.10 Å². The molecule has 1 N–H and O–H groups in total. The van der Waals surface area contributed by atoms with Crippen LogP contribution in [0.4, 0.5) is 0 Å². The number of hydrogen-bond donors (Lipinski definition) is 1. The quantitative estimate of drug-likeness (QED) is 0.833. The van der Waals surface area contributed by atoms with Crippen molar-refractivity contribution in [2.45, 2.75) is 33.8 Å². The lowest BCUT2D eigenvalue weighted by molar-refractivity contribution is 0.195. The smallest absolute Gasteiger partial charge is 0.133 e. The van der Waals surface area contributed by atoms with E-state index in [1.807, 2.05) is 31.2 Å². The topological polar surface area (TPSA) is 29.5 Å². The summed E-state index contributed by atoms with van der Waals surface area (Å²) in [4.78, 5) is 0. The molecular formula is C17H19BrO2. The Balaban J connectivity index is 2.45. The lowest BCUT2D eigenvalue weighted by Crippen LogP contribution is -1.98. The van der Waals surface area contributed by atoms with Gasteiger partial charge in [-0.15, -0.1) is 0 Å². The molecule has 2 aromatic carbocycles. The first-order chi connectivity index (χ1) is 9.38. The molecule has 0 aliphatic rings. The first kappa shape index (κ1) is 15.1. The van der Waals surface area contributed by atoms with Crippen molar-refractivity contribution in [3.8, 4) is 11.5 Å². The molecule has 0 amide bonds. The largest absolute Gasteiger partial charge is 0.457 e. The SMILES string of the molecule is Cc1cc(C)c(C)c(Oc2ccc(Br)cc2C(C)O)c1. The fourth-order valence-electron chi connectivity index (χ4n) is 2.16. The van der Waals surface area contributed by atoms with Crippen LogP contribution in [0.5, 0.6) is 11.5 Å². The standard InChI is InChI=1S/C17H19BrO2/c1-10-7-11(2)12(3)17(8-10)20-16-6-5-14(18)9-15(16)13(4)19/h5-9,13,19H,1-4H3. The predicted molar refractivity (Wildman–Crippen MR) is 85.5 cm³/mol. The van der Waals surface area contributed by atoms with Crippen LogP contribution in [0.25, 0.3) is 0 Å². The highest BCUT2D eigenvalue weighted by molar-refractivity contribution is 9.10. The van der Waals surface area contributed by atoms with Crippen LogP contribution < -0.4 is 4.74 Å². The molecule has 1 atom stereocenters. The van der Waals surface area contributed by atoms with Crippen LogP contribution in [0.15, 0.2) is 34.8 Å². The van der Waals surface area contributed by atoms with Gasteiger partial charge in [-0.05, 0) is 68.7 Å². The molecule has 2 nitrogen and oxygen atoms in total. The van der Waals surface area contributed by atoms with Gasteiger partial charge in [-0.2, -0.15) is 0 Å². The summed E-state index contributed by atoms with van der Waals surface area (Å²) in [6, 6.07) is 9.84. The van der Waals surface area contributed by atoms with E-state index < -0.39 is 6.10 Å². The molecule has 3 heteroatoms. The van der Waals surface area contributed by atoms with Crippen LogP contribution in [-0.4, -0.2) is 5.11 Å². The van der Waals surface area contributed by atoms with Gasteiger partial charge in [-0.1, -0.05) is 22.0 Å². The van der Waals surface area contributed by atoms with E-state index in [-0.39, 0.29) is 0 Å². The Morgan fingerprint density at radius 2 is 1.75 bits per heavy atom. The van der Waals surface area contributed by atoms with Gasteiger partial charge in [0.1, 0.15) is 11.5 Å². The highest BCUT2D eigenvalue weighted by Gasteiger charge is 2.12. The predicted octanol–water partition coefficient (Wildman–Crippen LogP) is 5.22. The molecule has 0 fully saturated rings. The van der Waals surface area contributed by atoms with Crippen molar-refractivity contribution in [1.29, 1.82) is 0 Å². The molecule has 0 heterocycles. The summed E-state index contributed by atoms with van der Waals surface area (Å²) in [5.74, 6) is 1.53. The first-order valence-corrected chi connectivity index (χ1v) is 7.41. The second-order valence-corrected chi connectivity index (χ2v) is 6.08. The molecule has 1 unspecified atom stereocenters. The summed E-state index contributed by atoms with van der Waals surface area (Å²) in [5, 5.41) is 9.88. The van der Waals surface area contributed by atoms with E-state index in [4.69, 9.17) is 4.74 Å². The van der Waals surface area contributed by atoms with Gasteiger partial charge in [-0.25, -0.2) is 0 Å². The summed E-state index contributed by atoms with van der Waals surface area (Å²) < 4.78 is 6.97. The van der Waals surface area contributed by atoms with Crippen molar-refractivity contribution in [2.24, 2.45) is 0 Å². The lowest BCUT2D eigenvalue weighted by atomic mass is 10.1. The van der Waals surface area contributed by atoms with E-state index in [1.165, 1.54) is 11.1 Å². The second-order valence-electron chi connectivity index (χ2n) is 5.17. The average molecular weight is 335 g/mol. The Morgan fingerprint density at radius 3 is 2.40 bits per heavy atom. The zero-order valence-corrected chi connectivity index (χ0v) is 13.8. The van der Waals surface area contributed by atoms with Crippen LogP contribution in [0, 0.1) is 20.8 Å². The minimum atomic E-state index is -0.575. The van der Waals surface area contributed by atoms with Crippen LogP contribution in [-0.2, 0) is 0 Å². The number of ether oxygens (including phenoxy) is 1. The fourth-order valence-corrected chi connectivity index (χ4v) is 2.54. The maximum absolute atomic E-state index is 9.88. The summed E-state index contributed by atoms with van der Waals surface area (Å²) >= 11 is 3.42. The number of benzene rings is 2. The average Bonchev–Trinajstić information content (AvgIpc) is 2.37. The normalized spacial score (nSPS) is 12.3. The van der Waals surface area contributed by atoms with Gasteiger partial charge in [0, 0.05) is 10.0 Å². The summed E-state index contributed by atoms with van der Waals surface area (Å²) in [7, 11) is 0. The van der Waals surface area contributed by atoms with Crippen molar-refractivity contribution >= 4 is 15.9 Å². The van der Waals surface area contributed by atoms with Crippen LogP contribution in [0.3, 0.4) is 0 Å². The second kappa shape index (κ2) is 5.98. The maximum Gasteiger partial charge on any atom is 0.133 e. The molecule has 0 saturated carbocycles. The van der Waals surface area contributed by atoms with Gasteiger partial charge >= 0.3 is 0 Å². The fraction of sp³-hybridized carbons (Fsp3) is 0.294. The maximum atomic E-state index is 9.88. The minimum Gasteiger partial charge on any atom is -0.457 e. The van der Waals surface area contributed by atoms with Crippen molar-refractivity contribution in [1.82, 2.24) is 0 Å². The highest BCUT2D eigenvalue weighted by Crippen LogP contribution is 2.34. The summed E-state index contributed by atoms with van der Waals surface area (Å²) in [6.45, 7) is 7.91. The number of aliphatic hydroxyl groups is 1. The van der Waals surface area contributed by atoms with Gasteiger partial charge < -0.3 is 9.84 Å². The van der Waals surface area contributed by atoms with E-state index in [1.54, 1.807) is 6.92 Å². The van der Waals surface area contributed by atoms with E-state index in [0.717, 1.165) is 21.3 Å². The molecule has 0 aliphatic heterocycles. The number of rotatable bonds is 3. The minimum absolute atomic E-state index is 0.575. The highest BCUT2D eigenvalue weighted by atomic mass is 79.9. The number of halogens is 1. The molecule has 106 valence electrons. The molecule has 0 saturated heterocycles. The zero-order valence-electron chi connectivity index (χ0n) is 12.2. The van der Waals surface area contributed by atoms with E-state index in [9.17, 15) is 5.11 Å². The zero-order chi connectivity index (χ0) is 14.9. The van der Waals surface area contributed by atoms with Crippen LogP contribution >= 0.6 is 15.9 Å². The van der Waals surface area contributed by atoms with Crippen molar-refractivity contribution in [3.63, 3.8) is 0 Å². The van der Waals surface area contributed by atoms with Crippen LogP contribution in [0.2, 0.25) is 0 Å². The molecule has 2 rings (SSSR count). The van der Waals surface area contributed by atoms with Crippen LogP contribution in [0.1, 0.15) is 35.3 Å². The Hall–Kier alpha value is -1.32. The molecule has 20 heavy (non-hydrogen) atoms. The van der Waals surface area contributed by atoms with Crippen molar-refractivity contribution in [3.05, 3.63) is 57.1 Å². The Labute approximate surface area is 128 Å². The summed E-state index contributed by atoms with van der Waals surface area (Å²) in [6.07, 6.45) is -0.575. The third-order valence-corrected chi connectivity index (χ3v) is 3.90. The number of aryl methyl sites for hydroxylation is 2. The molecular weight excluding hydrogens is 316 g/mol. The summed E-state index contributed by atoms with van der Waals surface area (Å²) in [5.41, 5.74) is 4.27. The first-order valence-electron chi connectivity index (χ1n) is 6.61. The van der Waals surface area contributed by atoms with E-state index in [0.29, 0.717) is 5.75 Å². The van der Waals surface area contributed by atoms with Gasteiger partial charge in [0.25, 0.3) is 0 Å². The number of hydrogen-bond acceptors (Lipinski definition) is 2. The lowest BCUT2D eigenvalue weighted by Gasteiger charge is -2.16. The Morgan fingerprint density at radius 1 is 1.05 bits per heavy atom.